The van der Waals surface area contributed by atoms with Gasteiger partial charge in [0.2, 0.25) is 0 Å². The molecule has 2 N–H and O–H groups in total. The van der Waals surface area contributed by atoms with Crippen molar-refractivity contribution in [1.82, 2.24) is 0 Å². The summed E-state index contributed by atoms with van der Waals surface area (Å²) in [6, 6.07) is 0. The van der Waals surface area contributed by atoms with Crippen molar-refractivity contribution < 1.29 is 19.2 Å². The van der Waals surface area contributed by atoms with Crippen molar-refractivity contribution in [2.45, 2.75) is 12.8 Å². The number of nitrogens with one attached hydrogen (secondary N) is 2. The molecule has 0 spiro atoms. The van der Waals surface area contributed by atoms with Gasteiger partial charge in [-0.1, -0.05) is 0 Å². The SMILES string of the molecule is C1=CC[C]([Ti+2][C]2=CC=CC2)=C1.[NH-]Cl.[NH-]Cl. The minimum Gasteiger partial charge on any atom is -0.590 e. The van der Waals surface area contributed by atoms with Gasteiger partial charge in [0, 0.05) is 0 Å². The summed E-state index contributed by atoms with van der Waals surface area (Å²) in [5.41, 5.74) is 0. The number of hydrogen-bond acceptors (Lipinski definition) is 0. The van der Waals surface area contributed by atoms with Gasteiger partial charge in [0.1, 0.15) is 0 Å². The molecule has 5 heteroatoms. The first-order valence-corrected chi connectivity index (χ1v) is 6.63. The summed E-state index contributed by atoms with van der Waals surface area (Å²) in [6.45, 7) is 0. The first-order valence-electron chi connectivity index (χ1n) is 4.31. The van der Waals surface area contributed by atoms with Crippen LogP contribution < -0.4 is 0 Å². The van der Waals surface area contributed by atoms with E-state index >= 15 is 0 Å². The zero-order valence-corrected chi connectivity index (χ0v) is 11.2. The molecule has 0 radical (unpaired) electrons. The van der Waals surface area contributed by atoms with Gasteiger partial charge in [-0.05, 0) is 0 Å². The Morgan fingerprint density at radius 1 is 0.867 bits per heavy atom. The Morgan fingerprint density at radius 3 is 1.53 bits per heavy atom. The van der Waals surface area contributed by atoms with Crippen LogP contribution in [0.25, 0.3) is 10.5 Å². The molecule has 15 heavy (non-hydrogen) atoms. The summed E-state index contributed by atoms with van der Waals surface area (Å²) in [6.07, 6.45) is 15.9. The third-order valence-electron chi connectivity index (χ3n) is 1.86. The Hall–Kier alpha value is 0.174. The second-order valence-electron chi connectivity index (χ2n) is 2.77. The summed E-state index contributed by atoms with van der Waals surface area (Å²) in [5, 5.41) is 10.4. The van der Waals surface area contributed by atoms with Crippen molar-refractivity contribution in [2.75, 3.05) is 0 Å². The van der Waals surface area contributed by atoms with Gasteiger partial charge < -0.3 is 10.5 Å². The van der Waals surface area contributed by atoms with Gasteiger partial charge in [0.15, 0.2) is 0 Å². The van der Waals surface area contributed by atoms with Crippen LogP contribution in [0.4, 0.5) is 0 Å². The quantitative estimate of drug-likeness (QED) is 0.628. The van der Waals surface area contributed by atoms with Crippen molar-refractivity contribution in [1.29, 1.82) is 0 Å². The maximum absolute atomic E-state index is 5.22. The molecule has 2 aliphatic carbocycles. The molecular formula is C10H12Cl2N2Ti. The maximum atomic E-state index is 5.22. The number of rotatable bonds is 2. The Balaban J connectivity index is 0.000000442. The predicted octanol–water partition coefficient (Wildman–Crippen LogP) is 5.14. The van der Waals surface area contributed by atoms with Crippen LogP contribution in [0.5, 0.6) is 0 Å². The van der Waals surface area contributed by atoms with Crippen molar-refractivity contribution >= 4 is 23.6 Å². The van der Waals surface area contributed by atoms with Crippen molar-refractivity contribution in [3.63, 3.8) is 0 Å². The average Bonchev–Trinajstić information content (AvgIpc) is 2.98. The molecule has 0 heterocycles. The van der Waals surface area contributed by atoms with Gasteiger partial charge in [-0.3, -0.25) is 23.6 Å². The monoisotopic (exact) mass is 278 g/mol. The molecule has 0 aromatic rings. The summed E-state index contributed by atoms with van der Waals surface area (Å²) in [7, 11) is 0. The molecule has 0 aromatic heterocycles. The van der Waals surface area contributed by atoms with Crippen LogP contribution in [0.1, 0.15) is 12.8 Å². The van der Waals surface area contributed by atoms with E-state index in [4.69, 9.17) is 10.5 Å². The van der Waals surface area contributed by atoms with Gasteiger partial charge in [0.05, 0.1) is 0 Å². The minimum absolute atomic E-state index is 0.0833. The number of hydrogen-bond donors (Lipinski definition) is 0. The van der Waals surface area contributed by atoms with Crippen LogP contribution in [0.15, 0.2) is 44.2 Å². The Labute approximate surface area is 110 Å². The van der Waals surface area contributed by atoms with E-state index < -0.39 is 0 Å². The van der Waals surface area contributed by atoms with Crippen LogP contribution in [0, 0.1) is 0 Å². The fourth-order valence-corrected chi connectivity index (χ4v) is 3.18. The van der Waals surface area contributed by atoms with E-state index in [9.17, 15) is 0 Å². The number of halogens is 2. The molecule has 0 unspecified atom stereocenters. The fraction of sp³-hybridized carbons (Fsp3) is 0.200. The molecule has 0 fully saturated rings. The fourth-order valence-electron chi connectivity index (χ4n) is 1.29. The second-order valence-corrected chi connectivity index (χ2v) is 5.17. The molecule has 2 nitrogen and oxygen atoms in total. The van der Waals surface area contributed by atoms with Gasteiger partial charge in [-0.25, -0.2) is 0 Å². The van der Waals surface area contributed by atoms with E-state index in [-0.39, 0.29) is 19.2 Å². The molecule has 80 valence electrons. The third-order valence-corrected chi connectivity index (χ3v) is 4.02. The van der Waals surface area contributed by atoms with Crippen LogP contribution in [0.3, 0.4) is 0 Å². The molecule has 2 aliphatic rings. The first kappa shape index (κ1) is 15.2. The van der Waals surface area contributed by atoms with Crippen molar-refractivity contribution in [2.24, 2.45) is 0 Å². The van der Waals surface area contributed by atoms with E-state index in [2.05, 4.69) is 60.0 Å². The first-order chi connectivity index (χ1) is 7.45. The van der Waals surface area contributed by atoms with Gasteiger partial charge >= 0.3 is 76.2 Å². The minimum atomic E-state index is 0.0833. The van der Waals surface area contributed by atoms with E-state index in [1.165, 1.54) is 12.8 Å². The molecule has 0 atom stereocenters. The molecule has 0 saturated heterocycles. The summed E-state index contributed by atoms with van der Waals surface area (Å²) in [5.74, 6) is 0. The third kappa shape index (κ3) is 6.36. The van der Waals surface area contributed by atoms with Gasteiger partial charge in [-0.15, -0.1) is 0 Å². The smallest absolute Gasteiger partial charge is 0.272 e. The Bertz CT molecular complexity index is 255. The van der Waals surface area contributed by atoms with E-state index in [0.29, 0.717) is 0 Å². The topological polar surface area (TPSA) is 47.6 Å². The summed E-state index contributed by atoms with van der Waals surface area (Å²) in [4.78, 5) is 0. The normalized spacial score (nSPS) is 15.5. The largest absolute Gasteiger partial charge is 0.590 e. The van der Waals surface area contributed by atoms with Crippen LogP contribution in [-0.2, 0) is 19.2 Å². The molecule has 0 aromatic carbocycles. The summed E-state index contributed by atoms with van der Waals surface area (Å²) >= 11 is 7.86. The molecule has 0 bridgehead atoms. The van der Waals surface area contributed by atoms with Gasteiger partial charge in [0.25, 0.3) is 0 Å². The second kappa shape index (κ2) is 10.7. The van der Waals surface area contributed by atoms with Crippen LogP contribution in [0.2, 0.25) is 0 Å². The maximum Gasteiger partial charge on any atom is -0.272 e. The zero-order chi connectivity index (χ0) is 11.5. The predicted molar refractivity (Wildman–Crippen MR) is 64.0 cm³/mol. The summed E-state index contributed by atoms with van der Waals surface area (Å²) < 4.78 is 3.36. The zero-order valence-electron chi connectivity index (χ0n) is 8.13. The van der Waals surface area contributed by atoms with Crippen molar-refractivity contribution in [3.8, 4) is 0 Å². The standard InChI is InChI=1S/2C5H5.2ClHN.Ti/c2*1-2-4-5-3-1;2*1-2;/h2*1-3H,4H2;2*2H;/q;;2*-1;+2. The Morgan fingerprint density at radius 2 is 1.27 bits per heavy atom. The molecule has 0 saturated carbocycles. The molecule has 0 amide bonds. The van der Waals surface area contributed by atoms with Crippen LogP contribution >= 0.6 is 23.6 Å². The van der Waals surface area contributed by atoms with E-state index in [0.717, 1.165) is 0 Å². The Kier molecular flexibility index (Phi) is 10.8. The van der Waals surface area contributed by atoms with E-state index in [1.54, 1.807) is 7.76 Å². The molecule has 0 aliphatic heterocycles. The average molecular weight is 279 g/mol. The number of allylic oxidation sites excluding steroid dienone is 8. The molecular weight excluding hydrogens is 267 g/mol. The van der Waals surface area contributed by atoms with E-state index in [1.807, 2.05) is 0 Å². The van der Waals surface area contributed by atoms with Crippen LogP contribution in [-0.4, -0.2) is 0 Å². The van der Waals surface area contributed by atoms with Gasteiger partial charge in [-0.2, -0.15) is 0 Å². The van der Waals surface area contributed by atoms with Crippen molar-refractivity contribution in [3.05, 3.63) is 54.7 Å². The molecule has 2 rings (SSSR count).